The van der Waals surface area contributed by atoms with E-state index in [1.165, 1.54) is 5.57 Å². The molecule has 3 aliphatic rings. The summed E-state index contributed by atoms with van der Waals surface area (Å²) in [5.74, 6) is 6.49. The minimum absolute atomic E-state index is 0.00107. The van der Waals surface area contributed by atoms with Crippen LogP contribution in [0.5, 0.6) is 5.75 Å². The van der Waals surface area contributed by atoms with Gasteiger partial charge in [-0.15, -0.1) is 5.92 Å². The van der Waals surface area contributed by atoms with Crippen LogP contribution < -0.4 is 4.74 Å². The molecule has 33 heavy (non-hydrogen) atoms. The van der Waals surface area contributed by atoms with Gasteiger partial charge in [-0.05, 0) is 49.3 Å². The van der Waals surface area contributed by atoms with E-state index in [9.17, 15) is 4.79 Å². The van der Waals surface area contributed by atoms with Gasteiger partial charge in [0.25, 0.3) is 0 Å². The van der Waals surface area contributed by atoms with Gasteiger partial charge in [0.05, 0.1) is 32.2 Å². The van der Waals surface area contributed by atoms with Crippen molar-refractivity contribution in [2.45, 2.75) is 57.7 Å². The van der Waals surface area contributed by atoms with Crippen molar-refractivity contribution in [3.05, 3.63) is 53.6 Å². The van der Waals surface area contributed by atoms with Crippen molar-refractivity contribution in [2.24, 2.45) is 17.8 Å². The molecule has 1 spiro atoms. The Balaban J connectivity index is 1.31. The molecule has 1 aromatic carbocycles. The molecule has 2 unspecified atom stereocenters. The number of carbonyl (C=O) groups is 1. The van der Waals surface area contributed by atoms with E-state index in [-0.39, 0.29) is 18.1 Å². The lowest BCUT2D eigenvalue weighted by molar-refractivity contribution is -0.181. The first-order valence-corrected chi connectivity index (χ1v) is 12.0. The summed E-state index contributed by atoms with van der Waals surface area (Å²) in [6.07, 6.45) is 10.9. The van der Waals surface area contributed by atoms with Gasteiger partial charge < -0.3 is 19.3 Å². The monoisotopic (exact) mass is 450 g/mol. The van der Waals surface area contributed by atoms with Crippen molar-refractivity contribution in [1.82, 2.24) is 0 Å². The van der Waals surface area contributed by atoms with Crippen LogP contribution in [-0.2, 0) is 14.3 Å². The second-order valence-corrected chi connectivity index (χ2v) is 9.31. The highest BCUT2D eigenvalue weighted by Crippen LogP contribution is 2.44. The number of ether oxygens (including phenoxy) is 3. The van der Waals surface area contributed by atoms with Gasteiger partial charge in [0.2, 0.25) is 0 Å². The van der Waals surface area contributed by atoms with Crippen molar-refractivity contribution < 1.29 is 24.1 Å². The number of aliphatic carboxylic acids is 1. The normalized spacial score (nSPS) is 25.2. The molecule has 1 N–H and O–H groups in total. The lowest BCUT2D eigenvalue weighted by Crippen LogP contribution is -2.37. The third-order valence-corrected chi connectivity index (χ3v) is 7.27. The topological polar surface area (TPSA) is 65.0 Å². The number of hydrogen-bond donors (Lipinski definition) is 1. The van der Waals surface area contributed by atoms with Crippen LogP contribution in [-0.4, -0.2) is 36.7 Å². The second-order valence-electron chi connectivity index (χ2n) is 9.31. The fraction of sp³-hybridized carbons (Fsp3) is 0.536. The molecule has 2 aliphatic carbocycles. The molecule has 0 bridgehead atoms. The van der Waals surface area contributed by atoms with Crippen LogP contribution >= 0.6 is 0 Å². The molecular weight excluding hydrogens is 416 g/mol. The smallest absolute Gasteiger partial charge is 0.304 e. The van der Waals surface area contributed by atoms with Crippen LogP contribution in [0, 0.1) is 29.6 Å². The van der Waals surface area contributed by atoms with Gasteiger partial charge >= 0.3 is 5.97 Å². The molecule has 3 atom stereocenters. The summed E-state index contributed by atoms with van der Waals surface area (Å²) in [6.45, 7) is 6.09. The Hall–Kier alpha value is -2.55. The summed E-state index contributed by atoms with van der Waals surface area (Å²) in [5.41, 5.74) is 2.42. The molecule has 1 heterocycles. The molecule has 0 amide bonds. The molecular formula is C28H34O5. The summed E-state index contributed by atoms with van der Waals surface area (Å²) in [6, 6.07) is 7.67. The maximum absolute atomic E-state index is 11.1. The Morgan fingerprint density at radius 3 is 2.55 bits per heavy atom. The van der Waals surface area contributed by atoms with E-state index in [1.54, 1.807) is 6.92 Å². The van der Waals surface area contributed by atoms with Crippen molar-refractivity contribution in [3.63, 3.8) is 0 Å². The number of carboxylic acids is 1. The summed E-state index contributed by atoms with van der Waals surface area (Å²) in [5, 5.41) is 9.13. The van der Waals surface area contributed by atoms with E-state index >= 15 is 0 Å². The van der Waals surface area contributed by atoms with E-state index in [0.717, 1.165) is 50.2 Å². The van der Waals surface area contributed by atoms with Gasteiger partial charge in [0, 0.05) is 18.8 Å². The summed E-state index contributed by atoms with van der Waals surface area (Å²) in [4.78, 5) is 11.1. The molecule has 1 aromatic rings. The number of benzene rings is 1. The molecule has 1 aliphatic heterocycles. The van der Waals surface area contributed by atoms with Crippen molar-refractivity contribution in [3.8, 4) is 17.6 Å². The third-order valence-electron chi connectivity index (χ3n) is 7.27. The first kappa shape index (κ1) is 23.6. The average Bonchev–Trinajstić information content (AvgIpc) is 3.27. The SMILES string of the molecule is CC#C[C@H](CC(=O)O)c1ccc(OCC2C=CC=C(C3CCC4(CC3)OCCO4)C2C)cc1. The van der Waals surface area contributed by atoms with Crippen LogP contribution in [0.2, 0.25) is 0 Å². The first-order chi connectivity index (χ1) is 16.0. The van der Waals surface area contributed by atoms with Crippen LogP contribution in [0.25, 0.3) is 0 Å². The summed E-state index contributed by atoms with van der Waals surface area (Å²) >= 11 is 0. The Bertz CT molecular complexity index is 933. The highest BCUT2D eigenvalue weighted by atomic mass is 16.7. The third kappa shape index (κ3) is 5.69. The van der Waals surface area contributed by atoms with Gasteiger partial charge in [-0.2, -0.15) is 0 Å². The second kappa shape index (κ2) is 10.6. The van der Waals surface area contributed by atoms with Gasteiger partial charge in [-0.1, -0.05) is 48.8 Å². The highest BCUT2D eigenvalue weighted by Gasteiger charge is 2.42. The zero-order valence-electron chi connectivity index (χ0n) is 19.6. The zero-order chi connectivity index (χ0) is 23.3. The van der Waals surface area contributed by atoms with E-state index < -0.39 is 5.97 Å². The Labute approximate surface area is 196 Å². The largest absolute Gasteiger partial charge is 0.493 e. The van der Waals surface area contributed by atoms with E-state index in [4.69, 9.17) is 19.3 Å². The number of carboxylic acid groups (broad SMARTS) is 1. The van der Waals surface area contributed by atoms with E-state index in [0.29, 0.717) is 24.4 Å². The van der Waals surface area contributed by atoms with E-state index in [2.05, 4.69) is 37.0 Å². The summed E-state index contributed by atoms with van der Waals surface area (Å²) < 4.78 is 17.9. The minimum Gasteiger partial charge on any atom is -0.493 e. The van der Waals surface area contributed by atoms with Crippen molar-refractivity contribution >= 4 is 5.97 Å². The van der Waals surface area contributed by atoms with Crippen molar-refractivity contribution in [1.29, 1.82) is 0 Å². The highest BCUT2D eigenvalue weighted by molar-refractivity contribution is 5.69. The molecule has 5 heteroatoms. The molecule has 5 nitrogen and oxygen atoms in total. The molecule has 2 fully saturated rings. The van der Waals surface area contributed by atoms with E-state index in [1.807, 2.05) is 24.3 Å². The lowest BCUT2D eigenvalue weighted by Gasteiger charge is -2.39. The maximum Gasteiger partial charge on any atom is 0.304 e. The molecule has 0 aromatic heterocycles. The van der Waals surface area contributed by atoms with Gasteiger partial charge in [-0.25, -0.2) is 0 Å². The van der Waals surface area contributed by atoms with Crippen LogP contribution in [0.1, 0.15) is 57.4 Å². The average molecular weight is 451 g/mol. The molecule has 4 rings (SSSR count). The molecule has 0 radical (unpaired) electrons. The fourth-order valence-corrected chi connectivity index (χ4v) is 5.35. The number of allylic oxidation sites excluding steroid dienone is 3. The van der Waals surface area contributed by atoms with Gasteiger partial charge in [-0.3, -0.25) is 4.79 Å². The zero-order valence-corrected chi connectivity index (χ0v) is 19.6. The lowest BCUT2D eigenvalue weighted by atomic mass is 9.72. The van der Waals surface area contributed by atoms with Gasteiger partial charge in [0.1, 0.15) is 5.75 Å². The van der Waals surface area contributed by atoms with Crippen LogP contribution in [0.15, 0.2) is 48.1 Å². The Morgan fingerprint density at radius 2 is 1.91 bits per heavy atom. The predicted molar refractivity (Wildman–Crippen MR) is 127 cm³/mol. The van der Waals surface area contributed by atoms with Crippen molar-refractivity contribution in [2.75, 3.05) is 19.8 Å². The standard InChI is InChI=1S/C28H34O5/c1-3-5-23(18-27(29)30)21-8-10-25(11-9-21)31-19-24-6-4-7-26(20(24)2)22-12-14-28(15-13-22)32-16-17-33-28/h4,6-11,20,22-24H,12-19H2,1-2H3,(H,29,30)/t20?,23-,24?/m1/s1. The molecule has 176 valence electrons. The quantitative estimate of drug-likeness (QED) is 0.569. The van der Waals surface area contributed by atoms with Gasteiger partial charge in [0.15, 0.2) is 5.79 Å². The fourth-order valence-electron chi connectivity index (χ4n) is 5.35. The number of rotatable bonds is 7. The molecule has 1 saturated heterocycles. The first-order valence-electron chi connectivity index (χ1n) is 12.0. The Kier molecular flexibility index (Phi) is 7.57. The predicted octanol–water partition coefficient (Wildman–Crippen LogP) is 5.33. The minimum atomic E-state index is -0.846. The summed E-state index contributed by atoms with van der Waals surface area (Å²) in [7, 11) is 0. The number of hydrogen-bond acceptors (Lipinski definition) is 4. The molecule has 1 saturated carbocycles. The maximum atomic E-state index is 11.1. The van der Waals surface area contributed by atoms with Crippen LogP contribution in [0.3, 0.4) is 0 Å². The Morgan fingerprint density at radius 1 is 1.21 bits per heavy atom. The van der Waals surface area contributed by atoms with Crippen LogP contribution in [0.4, 0.5) is 0 Å².